The molecule has 2 atom stereocenters. The van der Waals surface area contributed by atoms with E-state index in [4.69, 9.17) is 0 Å². The summed E-state index contributed by atoms with van der Waals surface area (Å²) in [6, 6.07) is 13.6. The van der Waals surface area contributed by atoms with E-state index >= 15 is 0 Å². The van der Waals surface area contributed by atoms with Crippen LogP contribution in [-0.2, 0) is 0 Å². The van der Waals surface area contributed by atoms with Gasteiger partial charge in [-0.05, 0) is 30.2 Å². The number of para-hydroxylation sites is 1. The molecule has 0 radical (unpaired) electrons. The van der Waals surface area contributed by atoms with Crippen molar-refractivity contribution in [3.63, 3.8) is 0 Å². The Bertz CT molecular complexity index is 1380. The van der Waals surface area contributed by atoms with Gasteiger partial charge in [-0.3, -0.25) is 9.78 Å². The highest BCUT2D eigenvalue weighted by molar-refractivity contribution is 7.59. The highest BCUT2D eigenvalue weighted by atomic mass is 32.1. The second-order valence-electron chi connectivity index (χ2n) is 9.05. The van der Waals surface area contributed by atoms with Crippen molar-refractivity contribution >= 4 is 41.9 Å². The van der Waals surface area contributed by atoms with E-state index in [1.807, 2.05) is 36.4 Å². The van der Waals surface area contributed by atoms with Gasteiger partial charge in [-0.25, -0.2) is 15.0 Å². The lowest BCUT2D eigenvalue weighted by Gasteiger charge is -2.17. The zero-order valence-corrected chi connectivity index (χ0v) is 21.8. The molecule has 10 heteroatoms. The Morgan fingerprint density at radius 2 is 2.03 bits per heavy atom. The molecular formula is C27H31N7O2S. The number of carbonyl (C=O) groups is 1. The van der Waals surface area contributed by atoms with Gasteiger partial charge in [0.15, 0.2) is 0 Å². The lowest BCUT2D eigenvalue weighted by atomic mass is 9.96. The molecule has 3 aromatic heterocycles. The maximum atomic E-state index is 12.3. The van der Waals surface area contributed by atoms with Gasteiger partial charge in [0.1, 0.15) is 18.0 Å². The number of aromatic nitrogens is 4. The molecule has 0 aliphatic carbocycles. The molecule has 5 rings (SSSR count). The van der Waals surface area contributed by atoms with Gasteiger partial charge >= 0.3 is 0 Å². The van der Waals surface area contributed by atoms with Crippen molar-refractivity contribution in [2.45, 2.75) is 25.4 Å². The van der Waals surface area contributed by atoms with Gasteiger partial charge in [0.05, 0.1) is 22.9 Å². The minimum Gasteiger partial charge on any atom is -0.391 e. The van der Waals surface area contributed by atoms with Crippen LogP contribution in [-0.4, -0.2) is 63.7 Å². The van der Waals surface area contributed by atoms with E-state index < -0.39 is 0 Å². The standard InChI is InChI=1S/C27H29N7O2.H2S/c1-17(20-4-3-5-21-22(27(36)28-2)8-10-29-26(20)21)13-30-24-12-23(32-16-33-24)18-6-7-25(31-14-18)34-11-9-19(35)15-34;/h3-8,10,12,14,16-17,19,35H,9,11,13,15H2,1-2H3,(H,28,36)(H,30,32,33);1H2/t17-,19+;/m1./s1. The number of β-amino-alcohol motifs (C(OH)–C–C–N with tert-alkyl or cyclic N) is 1. The summed E-state index contributed by atoms with van der Waals surface area (Å²) in [6.45, 7) is 4.18. The van der Waals surface area contributed by atoms with Crippen LogP contribution in [0.1, 0.15) is 35.2 Å². The zero-order chi connectivity index (χ0) is 25.1. The fraction of sp³-hybridized carbons (Fsp3) is 0.296. The van der Waals surface area contributed by atoms with Crippen LogP contribution in [0.15, 0.2) is 61.2 Å². The summed E-state index contributed by atoms with van der Waals surface area (Å²) in [5, 5.41) is 16.7. The van der Waals surface area contributed by atoms with E-state index in [2.05, 4.69) is 42.4 Å². The minimum atomic E-state index is -0.285. The number of aliphatic hydroxyl groups is 1. The summed E-state index contributed by atoms with van der Waals surface area (Å²) in [5.74, 6) is 1.58. The highest BCUT2D eigenvalue weighted by Crippen LogP contribution is 2.27. The van der Waals surface area contributed by atoms with Gasteiger partial charge in [0.25, 0.3) is 5.91 Å². The quantitative estimate of drug-likeness (QED) is 0.342. The molecule has 0 bridgehead atoms. The first-order valence-electron chi connectivity index (χ1n) is 12.1. The fourth-order valence-electron chi connectivity index (χ4n) is 4.58. The van der Waals surface area contributed by atoms with E-state index in [0.717, 1.165) is 52.3 Å². The van der Waals surface area contributed by atoms with Gasteiger partial charge < -0.3 is 20.6 Å². The van der Waals surface area contributed by atoms with E-state index in [1.165, 1.54) is 0 Å². The third-order valence-electron chi connectivity index (χ3n) is 6.59. The Morgan fingerprint density at radius 1 is 1.16 bits per heavy atom. The summed E-state index contributed by atoms with van der Waals surface area (Å²) in [4.78, 5) is 32.3. The molecule has 0 spiro atoms. The van der Waals surface area contributed by atoms with Gasteiger partial charge in [0.2, 0.25) is 0 Å². The molecule has 37 heavy (non-hydrogen) atoms. The van der Waals surface area contributed by atoms with Crippen LogP contribution in [0.4, 0.5) is 11.6 Å². The second kappa shape index (κ2) is 11.5. The van der Waals surface area contributed by atoms with Crippen molar-refractivity contribution < 1.29 is 9.90 Å². The normalized spacial score (nSPS) is 15.8. The minimum absolute atomic E-state index is 0. The van der Waals surface area contributed by atoms with Gasteiger partial charge in [-0.2, -0.15) is 13.5 Å². The van der Waals surface area contributed by atoms with Gasteiger partial charge in [-0.1, -0.05) is 25.1 Å². The van der Waals surface area contributed by atoms with E-state index in [1.54, 1.807) is 31.8 Å². The number of fused-ring (bicyclic) bond motifs is 1. The van der Waals surface area contributed by atoms with Crippen molar-refractivity contribution in [2.24, 2.45) is 0 Å². The molecule has 1 saturated heterocycles. The number of carbonyl (C=O) groups excluding carboxylic acids is 1. The number of aliphatic hydroxyl groups excluding tert-OH is 1. The van der Waals surface area contributed by atoms with Crippen LogP contribution in [0.3, 0.4) is 0 Å². The molecular weight excluding hydrogens is 486 g/mol. The average molecular weight is 518 g/mol. The van der Waals surface area contributed by atoms with Crippen LogP contribution in [0.5, 0.6) is 0 Å². The Kier molecular flexibility index (Phi) is 8.20. The van der Waals surface area contributed by atoms with E-state index in [9.17, 15) is 9.90 Å². The molecule has 0 saturated carbocycles. The first-order chi connectivity index (χ1) is 17.5. The third-order valence-corrected chi connectivity index (χ3v) is 6.59. The highest BCUT2D eigenvalue weighted by Gasteiger charge is 2.21. The van der Waals surface area contributed by atoms with Crippen LogP contribution < -0.4 is 15.5 Å². The Balaban J connectivity index is 0.00000320. The van der Waals surface area contributed by atoms with Crippen molar-refractivity contribution in [2.75, 3.05) is 36.9 Å². The first-order valence-corrected chi connectivity index (χ1v) is 12.1. The molecule has 9 nitrogen and oxygen atoms in total. The molecule has 1 aliphatic heterocycles. The summed E-state index contributed by atoms with van der Waals surface area (Å²) in [7, 11) is 1.63. The average Bonchev–Trinajstić information content (AvgIpc) is 3.37. The predicted molar refractivity (Wildman–Crippen MR) is 151 cm³/mol. The van der Waals surface area contributed by atoms with Crippen molar-refractivity contribution in [1.29, 1.82) is 0 Å². The molecule has 1 fully saturated rings. The summed E-state index contributed by atoms with van der Waals surface area (Å²) < 4.78 is 0. The largest absolute Gasteiger partial charge is 0.391 e. The van der Waals surface area contributed by atoms with Crippen LogP contribution >= 0.6 is 13.5 Å². The number of pyridine rings is 2. The zero-order valence-electron chi connectivity index (χ0n) is 20.8. The lowest BCUT2D eigenvalue weighted by Crippen LogP contribution is -2.21. The maximum absolute atomic E-state index is 12.3. The van der Waals surface area contributed by atoms with Crippen LogP contribution in [0.25, 0.3) is 22.2 Å². The molecule has 1 aliphatic rings. The maximum Gasteiger partial charge on any atom is 0.251 e. The van der Waals surface area contributed by atoms with Crippen LogP contribution in [0, 0.1) is 0 Å². The molecule has 1 aromatic carbocycles. The molecule has 4 heterocycles. The summed E-state index contributed by atoms with van der Waals surface area (Å²) in [5.41, 5.74) is 4.19. The Morgan fingerprint density at radius 3 is 2.76 bits per heavy atom. The molecule has 4 aromatic rings. The van der Waals surface area contributed by atoms with Gasteiger partial charge in [0, 0.05) is 62.0 Å². The number of nitrogens with one attached hydrogen (secondary N) is 2. The lowest BCUT2D eigenvalue weighted by molar-refractivity contribution is 0.0964. The number of amides is 1. The number of nitrogens with zero attached hydrogens (tertiary/aromatic N) is 5. The molecule has 192 valence electrons. The van der Waals surface area contributed by atoms with E-state index in [0.29, 0.717) is 18.7 Å². The Labute approximate surface area is 222 Å². The van der Waals surface area contributed by atoms with Gasteiger partial charge in [-0.15, -0.1) is 0 Å². The summed E-state index contributed by atoms with van der Waals surface area (Å²) >= 11 is 0. The Hall–Kier alpha value is -3.76. The van der Waals surface area contributed by atoms with Crippen molar-refractivity contribution in [3.05, 3.63) is 72.3 Å². The molecule has 1 amide bonds. The van der Waals surface area contributed by atoms with Crippen molar-refractivity contribution in [3.8, 4) is 11.3 Å². The summed E-state index contributed by atoms with van der Waals surface area (Å²) in [6.07, 6.45) is 5.51. The number of anilines is 2. The van der Waals surface area contributed by atoms with Crippen molar-refractivity contribution in [1.82, 2.24) is 25.3 Å². The number of benzene rings is 1. The number of hydrogen-bond acceptors (Lipinski definition) is 8. The number of hydrogen-bond donors (Lipinski definition) is 3. The SMILES string of the molecule is CNC(=O)c1ccnc2c([C@H](C)CNc3cc(-c4ccc(N5CC[C@H](O)C5)nc4)ncn3)cccc12.S. The first kappa shape index (κ1) is 26.3. The third kappa shape index (κ3) is 5.65. The fourth-order valence-corrected chi connectivity index (χ4v) is 4.58. The monoisotopic (exact) mass is 517 g/mol. The molecule has 3 N–H and O–H groups in total. The van der Waals surface area contributed by atoms with Crippen LogP contribution in [0.2, 0.25) is 0 Å². The smallest absolute Gasteiger partial charge is 0.251 e. The second-order valence-corrected chi connectivity index (χ2v) is 9.05. The topological polar surface area (TPSA) is 116 Å². The predicted octanol–water partition coefficient (Wildman–Crippen LogP) is 3.35. The molecule has 0 unspecified atom stereocenters. The van der Waals surface area contributed by atoms with E-state index in [-0.39, 0.29) is 31.4 Å². The number of rotatable bonds is 7.